The minimum atomic E-state index is -0.146. The zero-order valence-corrected chi connectivity index (χ0v) is 16.9. The Morgan fingerprint density at radius 1 is 1.00 bits per heavy atom. The van der Waals surface area contributed by atoms with Gasteiger partial charge in [-0.1, -0.05) is 30.3 Å². The van der Waals surface area contributed by atoms with Crippen LogP contribution in [0.25, 0.3) is 28.3 Å². The zero-order chi connectivity index (χ0) is 21.2. The van der Waals surface area contributed by atoms with Crippen molar-refractivity contribution in [3.05, 3.63) is 95.1 Å². The summed E-state index contributed by atoms with van der Waals surface area (Å²) in [6, 6.07) is 21.0. The summed E-state index contributed by atoms with van der Waals surface area (Å²) in [5, 5.41) is 4.89. The van der Waals surface area contributed by atoms with Gasteiger partial charge in [-0.25, -0.2) is 9.67 Å². The third-order valence-electron chi connectivity index (χ3n) is 5.21. The topological polar surface area (TPSA) is 75.1 Å². The first-order chi connectivity index (χ1) is 15.2. The highest BCUT2D eigenvalue weighted by Crippen LogP contribution is 2.22. The van der Waals surface area contributed by atoms with Gasteiger partial charge in [0, 0.05) is 6.54 Å². The van der Waals surface area contributed by atoms with E-state index in [1.54, 1.807) is 41.0 Å². The lowest BCUT2D eigenvalue weighted by molar-refractivity contribution is 0.414. The standard InChI is InChI=1S/C24H20N4O3/c1-30-19-11-9-17(10-12-19)13-14-27-23(21-8-5-15-31-21)26-22-20(24(27)29)16-25-28(22)18-6-3-2-4-7-18/h2-12,15-16H,13-14H2,1H3. The number of nitrogens with zero attached hydrogens (tertiary/aromatic N) is 4. The Labute approximate surface area is 178 Å². The maximum Gasteiger partial charge on any atom is 0.265 e. The van der Waals surface area contributed by atoms with Gasteiger partial charge in [-0.15, -0.1) is 0 Å². The number of para-hydroxylation sites is 1. The first-order valence-electron chi connectivity index (χ1n) is 9.95. The normalized spacial score (nSPS) is 11.1. The van der Waals surface area contributed by atoms with Crippen molar-refractivity contribution in [2.75, 3.05) is 7.11 Å². The van der Waals surface area contributed by atoms with E-state index in [2.05, 4.69) is 5.10 Å². The number of benzene rings is 2. The predicted octanol–water partition coefficient (Wildman–Crippen LogP) is 4.09. The molecule has 7 heteroatoms. The van der Waals surface area contributed by atoms with E-state index in [0.29, 0.717) is 35.6 Å². The Bertz CT molecular complexity index is 1370. The molecular formula is C24H20N4O3. The first-order valence-corrected chi connectivity index (χ1v) is 9.95. The Kier molecular flexibility index (Phi) is 4.84. The van der Waals surface area contributed by atoms with Gasteiger partial charge in [0.1, 0.15) is 11.1 Å². The fourth-order valence-corrected chi connectivity index (χ4v) is 3.60. The summed E-state index contributed by atoms with van der Waals surface area (Å²) < 4.78 is 14.2. The Hall–Kier alpha value is -4.13. The highest BCUT2D eigenvalue weighted by atomic mass is 16.5. The molecule has 0 spiro atoms. The van der Waals surface area contributed by atoms with Gasteiger partial charge >= 0.3 is 0 Å². The molecule has 0 saturated carbocycles. The van der Waals surface area contributed by atoms with Gasteiger partial charge in [-0.2, -0.15) is 5.10 Å². The van der Waals surface area contributed by atoms with Crippen LogP contribution in [0.4, 0.5) is 0 Å². The average Bonchev–Trinajstić information content (AvgIpc) is 3.49. The second-order valence-electron chi connectivity index (χ2n) is 7.10. The van der Waals surface area contributed by atoms with Gasteiger partial charge in [-0.3, -0.25) is 9.36 Å². The summed E-state index contributed by atoms with van der Waals surface area (Å²) in [4.78, 5) is 18.2. The first kappa shape index (κ1) is 18.9. The molecule has 0 aliphatic heterocycles. The lowest BCUT2D eigenvalue weighted by atomic mass is 10.1. The molecule has 3 aromatic heterocycles. The number of hydrogen-bond donors (Lipinski definition) is 0. The molecule has 2 aromatic carbocycles. The van der Waals surface area contributed by atoms with Crippen LogP contribution in [0.5, 0.6) is 5.75 Å². The summed E-state index contributed by atoms with van der Waals surface area (Å²) in [7, 11) is 1.64. The van der Waals surface area contributed by atoms with Gasteiger partial charge in [-0.05, 0) is 48.4 Å². The van der Waals surface area contributed by atoms with E-state index < -0.39 is 0 Å². The number of fused-ring (bicyclic) bond motifs is 1. The predicted molar refractivity (Wildman–Crippen MR) is 118 cm³/mol. The molecule has 5 aromatic rings. The number of aryl methyl sites for hydroxylation is 1. The van der Waals surface area contributed by atoms with Gasteiger partial charge in [0.25, 0.3) is 5.56 Å². The Morgan fingerprint density at radius 3 is 2.52 bits per heavy atom. The van der Waals surface area contributed by atoms with Crippen LogP contribution < -0.4 is 10.3 Å². The molecule has 0 aliphatic carbocycles. The molecule has 0 saturated heterocycles. The van der Waals surface area contributed by atoms with E-state index in [9.17, 15) is 4.79 Å². The minimum absolute atomic E-state index is 0.146. The van der Waals surface area contributed by atoms with Gasteiger partial charge in [0.05, 0.1) is 25.3 Å². The van der Waals surface area contributed by atoms with Gasteiger partial charge in [0.2, 0.25) is 0 Å². The third-order valence-corrected chi connectivity index (χ3v) is 5.21. The summed E-state index contributed by atoms with van der Waals surface area (Å²) in [5.41, 5.74) is 2.29. The van der Waals surface area contributed by atoms with E-state index >= 15 is 0 Å². The monoisotopic (exact) mass is 412 g/mol. The van der Waals surface area contributed by atoms with Gasteiger partial charge < -0.3 is 9.15 Å². The van der Waals surface area contributed by atoms with Crippen molar-refractivity contribution in [3.8, 4) is 23.0 Å². The average molecular weight is 412 g/mol. The van der Waals surface area contributed by atoms with Crippen molar-refractivity contribution in [2.45, 2.75) is 13.0 Å². The highest BCUT2D eigenvalue weighted by Gasteiger charge is 2.18. The second kappa shape index (κ2) is 7.95. The quantitative estimate of drug-likeness (QED) is 0.420. The number of aromatic nitrogens is 4. The summed E-state index contributed by atoms with van der Waals surface area (Å²) in [5.74, 6) is 1.82. The maximum absolute atomic E-state index is 13.4. The number of ether oxygens (including phenoxy) is 1. The fraction of sp³-hybridized carbons (Fsp3) is 0.125. The van der Waals surface area contributed by atoms with E-state index in [1.807, 2.05) is 54.6 Å². The molecule has 0 bridgehead atoms. The van der Waals surface area contributed by atoms with Crippen molar-refractivity contribution in [3.63, 3.8) is 0 Å². The molecule has 31 heavy (non-hydrogen) atoms. The summed E-state index contributed by atoms with van der Waals surface area (Å²) in [6.07, 6.45) is 3.82. The van der Waals surface area contributed by atoms with Crippen LogP contribution in [0.1, 0.15) is 5.56 Å². The second-order valence-corrected chi connectivity index (χ2v) is 7.10. The van der Waals surface area contributed by atoms with Crippen molar-refractivity contribution in [2.24, 2.45) is 0 Å². The molecule has 3 heterocycles. The van der Waals surface area contributed by atoms with E-state index in [4.69, 9.17) is 14.1 Å². The van der Waals surface area contributed by atoms with Crippen LogP contribution in [0.2, 0.25) is 0 Å². The minimum Gasteiger partial charge on any atom is -0.497 e. The van der Waals surface area contributed by atoms with E-state index in [-0.39, 0.29) is 5.56 Å². The number of hydrogen-bond acceptors (Lipinski definition) is 5. The van der Waals surface area contributed by atoms with Crippen LogP contribution in [-0.4, -0.2) is 26.4 Å². The van der Waals surface area contributed by atoms with Crippen LogP contribution in [-0.2, 0) is 13.0 Å². The molecule has 0 unspecified atom stereocenters. The smallest absolute Gasteiger partial charge is 0.265 e. The molecule has 154 valence electrons. The zero-order valence-electron chi connectivity index (χ0n) is 16.9. The number of methoxy groups -OCH3 is 1. The Morgan fingerprint density at radius 2 is 1.81 bits per heavy atom. The molecule has 0 fully saturated rings. The SMILES string of the molecule is COc1ccc(CCn2c(-c3ccco3)nc3c(cnn3-c3ccccc3)c2=O)cc1. The van der Waals surface area contributed by atoms with E-state index in [1.165, 1.54) is 0 Å². The molecule has 0 atom stereocenters. The van der Waals surface area contributed by atoms with Crippen molar-refractivity contribution in [1.82, 2.24) is 19.3 Å². The van der Waals surface area contributed by atoms with Crippen LogP contribution >= 0.6 is 0 Å². The maximum atomic E-state index is 13.4. The van der Waals surface area contributed by atoms with Crippen molar-refractivity contribution < 1.29 is 9.15 Å². The van der Waals surface area contributed by atoms with Crippen LogP contribution in [0, 0.1) is 0 Å². The van der Waals surface area contributed by atoms with Crippen molar-refractivity contribution in [1.29, 1.82) is 0 Å². The molecular weight excluding hydrogens is 392 g/mol. The third kappa shape index (κ3) is 3.50. The molecule has 5 rings (SSSR count). The lowest BCUT2D eigenvalue weighted by Gasteiger charge is -2.12. The van der Waals surface area contributed by atoms with Gasteiger partial charge in [0.15, 0.2) is 17.2 Å². The van der Waals surface area contributed by atoms with Crippen molar-refractivity contribution >= 4 is 11.0 Å². The van der Waals surface area contributed by atoms with Crippen LogP contribution in [0.15, 0.2) is 88.4 Å². The highest BCUT2D eigenvalue weighted by molar-refractivity contribution is 5.77. The Balaban J connectivity index is 1.60. The molecule has 0 aliphatic rings. The van der Waals surface area contributed by atoms with Crippen LogP contribution in [0.3, 0.4) is 0 Å². The fourth-order valence-electron chi connectivity index (χ4n) is 3.60. The van der Waals surface area contributed by atoms with E-state index in [0.717, 1.165) is 17.0 Å². The number of rotatable bonds is 6. The summed E-state index contributed by atoms with van der Waals surface area (Å²) in [6.45, 7) is 0.459. The lowest BCUT2D eigenvalue weighted by Crippen LogP contribution is -2.24. The molecule has 0 amide bonds. The molecule has 7 nitrogen and oxygen atoms in total. The molecule has 0 N–H and O–H groups in total. The largest absolute Gasteiger partial charge is 0.497 e. The molecule has 0 radical (unpaired) electrons. The number of furan rings is 1. The summed E-state index contributed by atoms with van der Waals surface area (Å²) >= 11 is 0.